The molecule has 0 aromatic heterocycles. The van der Waals surface area contributed by atoms with E-state index < -0.39 is 47.4 Å². The highest BCUT2D eigenvalue weighted by molar-refractivity contribution is 6.38. The van der Waals surface area contributed by atoms with Crippen molar-refractivity contribution < 1.29 is 28.7 Å². The molecule has 2 saturated carbocycles. The molecular weight excluding hydrogens is 572 g/mol. The van der Waals surface area contributed by atoms with Crippen LogP contribution in [0.2, 0.25) is 0 Å². The first kappa shape index (κ1) is 35.0. The first-order chi connectivity index (χ1) is 21.2. The van der Waals surface area contributed by atoms with Crippen LogP contribution in [0.4, 0.5) is 4.79 Å². The highest BCUT2D eigenvalue weighted by atomic mass is 16.6. The fourth-order valence-electron chi connectivity index (χ4n) is 7.80. The Morgan fingerprint density at radius 2 is 1.73 bits per heavy atom. The molecule has 1 saturated heterocycles. The number of Topliss-reactive ketones (excluding diaryl/α,β-unsaturated/α-hetero) is 1. The minimum atomic E-state index is -0.969. The minimum Gasteiger partial charge on any atom is -0.444 e. The summed E-state index contributed by atoms with van der Waals surface area (Å²) in [7, 11) is 0. The van der Waals surface area contributed by atoms with E-state index in [1.807, 2.05) is 6.92 Å². The third-order valence-corrected chi connectivity index (χ3v) is 10.4. The second-order valence-corrected chi connectivity index (χ2v) is 15.2. The number of carbonyl (C=O) groups is 5. The molecule has 10 nitrogen and oxygen atoms in total. The molecule has 4 amide bonds. The SMILES string of the molecule is CCCC(NC(=O)[C@@H]1C2C(CN1C(=O)C(NC(=O)OC(C)(C)C)C1CCCCC1)C2(C)C)C(=O)C(=O)NCCC1=CCCCC1. The number of nitrogens with one attached hydrogen (secondary N) is 3. The van der Waals surface area contributed by atoms with Crippen molar-refractivity contribution in [3.8, 4) is 0 Å². The molecule has 0 radical (unpaired) electrons. The number of fused-ring (bicyclic) bond motifs is 1. The van der Waals surface area contributed by atoms with Gasteiger partial charge in [-0.2, -0.15) is 0 Å². The van der Waals surface area contributed by atoms with Crippen molar-refractivity contribution in [1.29, 1.82) is 0 Å². The fraction of sp³-hybridized carbons (Fsp3) is 0.800. The highest BCUT2D eigenvalue weighted by Gasteiger charge is 2.69. The molecule has 0 aromatic carbocycles. The smallest absolute Gasteiger partial charge is 0.408 e. The summed E-state index contributed by atoms with van der Waals surface area (Å²) in [6.07, 6.45) is 12.3. The zero-order valence-electron chi connectivity index (χ0n) is 28.3. The van der Waals surface area contributed by atoms with E-state index >= 15 is 0 Å². The Hall–Kier alpha value is -2.91. The third kappa shape index (κ3) is 8.67. The minimum absolute atomic E-state index is 0.0464. The maximum atomic E-state index is 14.3. The molecule has 5 atom stereocenters. The third-order valence-electron chi connectivity index (χ3n) is 10.4. The lowest BCUT2D eigenvalue weighted by Gasteiger charge is -2.37. The summed E-state index contributed by atoms with van der Waals surface area (Å²) in [5.41, 5.74) is 0.465. The molecule has 1 aliphatic heterocycles. The van der Waals surface area contributed by atoms with Gasteiger partial charge in [0, 0.05) is 13.1 Å². The van der Waals surface area contributed by atoms with Crippen molar-refractivity contribution in [2.45, 2.75) is 142 Å². The topological polar surface area (TPSA) is 134 Å². The molecule has 0 aromatic rings. The van der Waals surface area contributed by atoms with E-state index in [4.69, 9.17) is 4.74 Å². The summed E-state index contributed by atoms with van der Waals surface area (Å²) in [6, 6.07) is -2.55. The van der Waals surface area contributed by atoms with Gasteiger partial charge in [-0.1, -0.05) is 58.1 Å². The van der Waals surface area contributed by atoms with Crippen LogP contribution in [0.1, 0.15) is 119 Å². The van der Waals surface area contributed by atoms with Gasteiger partial charge in [0.1, 0.15) is 17.7 Å². The molecule has 4 rings (SSSR count). The number of piperidine rings is 1. The average Bonchev–Trinajstić information content (AvgIpc) is 3.30. The predicted molar refractivity (Wildman–Crippen MR) is 172 cm³/mol. The maximum absolute atomic E-state index is 14.3. The van der Waals surface area contributed by atoms with Crippen LogP contribution in [0.25, 0.3) is 0 Å². The second kappa shape index (κ2) is 14.7. The van der Waals surface area contributed by atoms with E-state index in [1.54, 1.807) is 25.7 Å². The number of rotatable bonds is 12. The van der Waals surface area contributed by atoms with E-state index in [0.717, 1.165) is 57.8 Å². The lowest BCUT2D eigenvalue weighted by molar-refractivity contribution is -0.145. The summed E-state index contributed by atoms with van der Waals surface area (Å²) in [5, 5.41) is 8.51. The van der Waals surface area contributed by atoms with Crippen LogP contribution in [-0.4, -0.2) is 71.3 Å². The summed E-state index contributed by atoms with van der Waals surface area (Å²) in [6.45, 7) is 12.3. The number of allylic oxidation sites excluding steroid dienone is 1. The molecule has 4 unspecified atom stereocenters. The molecule has 3 N–H and O–H groups in total. The lowest BCUT2D eigenvalue weighted by Crippen LogP contribution is -2.59. The molecule has 252 valence electrons. The molecule has 10 heteroatoms. The first-order valence-electron chi connectivity index (χ1n) is 17.3. The van der Waals surface area contributed by atoms with Gasteiger partial charge < -0.3 is 25.6 Å². The molecule has 0 spiro atoms. The Morgan fingerprint density at radius 3 is 2.36 bits per heavy atom. The van der Waals surface area contributed by atoms with E-state index in [9.17, 15) is 24.0 Å². The van der Waals surface area contributed by atoms with Crippen LogP contribution in [0.3, 0.4) is 0 Å². The average molecular weight is 629 g/mol. The van der Waals surface area contributed by atoms with E-state index in [1.165, 1.54) is 12.0 Å². The summed E-state index contributed by atoms with van der Waals surface area (Å²) < 4.78 is 5.52. The first-order valence-corrected chi connectivity index (χ1v) is 17.3. The van der Waals surface area contributed by atoms with E-state index in [2.05, 4.69) is 35.9 Å². The van der Waals surface area contributed by atoms with Crippen LogP contribution in [0.5, 0.6) is 0 Å². The number of ketones is 1. The summed E-state index contributed by atoms with van der Waals surface area (Å²) >= 11 is 0. The van der Waals surface area contributed by atoms with Crippen molar-refractivity contribution in [1.82, 2.24) is 20.9 Å². The van der Waals surface area contributed by atoms with Gasteiger partial charge in [-0.3, -0.25) is 19.2 Å². The van der Waals surface area contributed by atoms with Gasteiger partial charge in [0.15, 0.2) is 0 Å². The number of hydrogen-bond donors (Lipinski definition) is 3. The zero-order valence-corrected chi connectivity index (χ0v) is 28.3. The van der Waals surface area contributed by atoms with Gasteiger partial charge in [0.2, 0.25) is 17.6 Å². The summed E-state index contributed by atoms with van der Waals surface area (Å²) in [4.78, 5) is 68.9. The quantitative estimate of drug-likeness (QED) is 0.210. The van der Waals surface area contributed by atoms with Gasteiger partial charge in [-0.05, 0) is 95.3 Å². The van der Waals surface area contributed by atoms with Gasteiger partial charge in [-0.15, -0.1) is 0 Å². The Morgan fingerprint density at radius 1 is 1.02 bits per heavy atom. The molecule has 3 aliphatic carbocycles. The molecule has 0 bridgehead atoms. The van der Waals surface area contributed by atoms with Crippen LogP contribution in [0.15, 0.2) is 11.6 Å². The largest absolute Gasteiger partial charge is 0.444 e. The van der Waals surface area contributed by atoms with Gasteiger partial charge >= 0.3 is 6.09 Å². The monoisotopic (exact) mass is 628 g/mol. The Bertz CT molecular complexity index is 1150. The van der Waals surface area contributed by atoms with Crippen molar-refractivity contribution in [2.75, 3.05) is 13.1 Å². The molecule has 4 aliphatic rings. The van der Waals surface area contributed by atoms with Crippen molar-refractivity contribution >= 4 is 29.6 Å². The number of hydrogen-bond acceptors (Lipinski definition) is 6. The van der Waals surface area contributed by atoms with Crippen LogP contribution < -0.4 is 16.0 Å². The number of carbonyl (C=O) groups excluding carboxylic acids is 5. The van der Waals surface area contributed by atoms with Crippen molar-refractivity contribution in [2.24, 2.45) is 23.2 Å². The molecule has 45 heavy (non-hydrogen) atoms. The van der Waals surface area contributed by atoms with Crippen LogP contribution >= 0.6 is 0 Å². The van der Waals surface area contributed by atoms with E-state index in [-0.39, 0.29) is 29.1 Å². The Labute approximate surface area is 269 Å². The van der Waals surface area contributed by atoms with Crippen LogP contribution in [0, 0.1) is 23.2 Å². The second-order valence-electron chi connectivity index (χ2n) is 15.2. The number of likely N-dealkylation sites (tertiary alicyclic amines) is 1. The van der Waals surface area contributed by atoms with Gasteiger partial charge in [-0.25, -0.2) is 4.79 Å². The summed E-state index contributed by atoms with van der Waals surface area (Å²) in [5.74, 6) is -1.99. The molecular formula is C35H56N4O6. The molecule has 1 heterocycles. The van der Waals surface area contributed by atoms with Gasteiger partial charge in [0.05, 0.1) is 6.04 Å². The standard InChI is InChI=1S/C35H56N4O6/c1-7-14-25(29(40)31(42)36-20-19-22-15-10-8-11-16-22)37-30(41)28-26-24(35(26,5)6)21-39(28)32(43)27(23-17-12-9-13-18-23)38-33(44)45-34(2,3)4/h15,23-28H,7-14,16-21H2,1-6H3,(H,36,42)(H,37,41)(H,38,44)/t24?,25?,26?,27?,28-/m0/s1. The lowest BCUT2D eigenvalue weighted by atomic mass is 9.83. The Balaban J connectivity index is 1.47. The predicted octanol–water partition coefficient (Wildman–Crippen LogP) is 4.80. The number of amides is 4. The van der Waals surface area contributed by atoms with E-state index in [0.29, 0.717) is 25.9 Å². The number of ether oxygens (including phenoxy) is 1. The van der Waals surface area contributed by atoms with Crippen molar-refractivity contribution in [3.05, 3.63) is 11.6 Å². The number of nitrogens with zero attached hydrogens (tertiary/aromatic N) is 1. The Kier molecular flexibility index (Phi) is 11.4. The zero-order chi connectivity index (χ0) is 32.9. The molecule has 3 fully saturated rings. The van der Waals surface area contributed by atoms with Crippen LogP contribution in [-0.2, 0) is 23.9 Å². The number of alkyl carbamates (subject to hydrolysis) is 1. The van der Waals surface area contributed by atoms with Crippen molar-refractivity contribution in [3.63, 3.8) is 0 Å². The highest BCUT2D eigenvalue weighted by Crippen LogP contribution is 2.65. The maximum Gasteiger partial charge on any atom is 0.408 e. The normalized spacial score (nSPS) is 25.7. The fourth-order valence-corrected chi connectivity index (χ4v) is 7.80. The van der Waals surface area contributed by atoms with Gasteiger partial charge in [0.25, 0.3) is 5.91 Å².